The molecule has 0 fully saturated rings. The summed E-state index contributed by atoms with van der Waals surface area (Å²) in [4.78, 5) is 3.51. The number of aromatic nitrogens is 1. The molecule has 1 N–H and O–H groups in total. The summed E-state index contributed by atoms with van der Waals surface area (Å²) in [6.45, 7) is 2.21. The molecule has 4 aromatic rings. The molecule has 86 valence electrons. The largest absolute Gasteiger partial charge is 0.354 e. The second-order valence-electron chi connectivity index (χ2n) is 4.82. The molecule has 0 saturated heterocycles. The molecule has 0 radical (unpaired) electrons. The molecular formula is C17H13N. The van der Waals surface area contributed by atoms with Crippen molar-refractivity contribution in [2.45, 2.75) is 6.92 Å². The van der Waals surface area contributed by atoms with Crippen molar-refractivity contribution in [3.63, 3.8) is 0 Å². The molecule has 0 aliphatic rings. The van der Waals surface area contributed by atoms with Crippen LogP contribution in [0.15, 0.2) is 54.6 Å². The van der Waals surface area contributed by atoms with Crippen LogP contribution in [-0.4, -0.2) is 4.98 Å². The fourth-order valence-corrected chi connectivity index (χ4v) is 2.93. The Bertz CT molecular complexity index is 884. The van der Waals surface area contributed by atoms with E-state index < -0.39 is 0 Å². The van der Waals surface area contributed by atoms with Gasteiger partial charge >= 0.3 is 0 Å². The van der Waals surface area contributed by atoms with Crippen molar-refractivity contribution >= 4 is 32.6 Å². The molecule has 1 nitrogen and oxygen atoms in total. The normalized spacial score (nSPS) is 11.6. The summed E-state index contributed by atoms with van der Waals surface area (Å²) in [7, 11) is 0. The number of rotatable bonds is 0. The predicted octanol–water partition coefficient (Wildman–Crippen LogP) is 4.78. The standard InChI is InChI=1S/C17H13N/c1-11-13-7-3-2-6-12(13)10-16-17(11)14-8-4-5-9-15(14)18-16/h2-10,18H,1H3. The van der Waals surface area contributed by atoms with E-state index in [9.17, 15) is 0 Å². The zero-order valence-electron chi connectivity index (χ0n) is 10.2. The summed E-state index contributed by atoms with van der Waals surface area (Å²) < 4.78 is 0. The summed E-state index contributed by atoms with van der Waals surface area (Å²) in [5, 5.41) is 5.31. The first kappa shape index (κ1) is 9.72. The van der Waals surface area contributed by atoms with Gasteiger partial charge in [0.15, 0.2) is 0 Å². The molecular weight excluding hydrogens is 218 g/mol. The number of aryl methyl sites for hydroxylation is 1. The number of benzene rings is 3. The number of para-hydroxylation sites is 1. The lowest BCUT2D eigenvalue weighted by molar-refractivity contribution is 1.54. The maximum absolute atomic E-state index is 3.51. The van der Waals surface area contributed by atoms with E-state index in [0.717, 1.165) is 0 Å². The van der Waals surface area contributed by atoms with E-state index >= 15 is 0 Å². The minimum Gasteiger partial charge on any atom is -0.354 e. The van der Waals surface area contributed by atoms with Gasteiger partial charge < -0.3 is 4.98 Å². The zero-order chi connectivity index (χ0) is 12.1. The molecule has 1 heterocycles. The van der Waals surface area contributed by atoms with Gasteiger partial charge in [0.2, 0.25) is 0 Å². The second-order valence-corrected chi connectivity index (χ2v) is 4.82. The van der Waals surface area contributed by atoms with Gasteiger partial charge in [0.25, 0.3) is 0 Å². The molecule has 1 heteroatoms. The Morgan fingerprint density at radius 3 is 2.39 bits per heavy atom. The average molecular weight is 231 g/mol. The minimum atomic E-state index is 1.21. The molecule has 0 aliphatic heterocycles. The van der Waals surface area contributed by atoms with Crippen LogP contribution >= 0.6 is 0 Å². The SMILES string of the molecule is Cc1c2ccccc2cc2[nH]c3ccccc3c12. The smallest absolute Gasteiger partial charge is 0.0474 e. The topological polar surface area (TPSA) is 15.8 Å². The Labute approximate surface area is 105 Å². The third-order valence-electron chi connectivity index (χ3n) is 3.77. The van der Waals surface area contributed by atoms with Gasteiger partial charge in [-0.05, 0) is 35.4 Å². The second kappa shape index (κ2) is 3.36. The third kappa shape index (κ3) is 1.16. The Morgan fingerprint density at radius 2 is 1.50 bits per heavy atom. The van der Waals surface area contributed by atoms with E-state index in [4.69, 9.17) is 0 Å². The number of aromatic amines is 1. The minimum absolute atomic E-state index is 1.21. The lowest BCUT2D eigenvalue weighted by Gasteiger charge is -2.04. The van der Waals surface area contributed by atoms with Crippen LogP contribution in [0.3, 0.4) is 0 Å². The summed E-state index contributed by atoms with van der Waals surface area (Å²) in [5.74, 6) is 0. The van der Waals surface area contributed by atoms with Gasteiger partial charge in [-0.25, -0.2) is 0 Å². The fourth-order valence-electron chi connectivity index (χ4n) is 2.93. The molecule has 3 aromatic carbocycles. The Morgan fingerprint density at radius 1 is 0.778 bits per heavy atom. The molecule has 4 rings (SSSR count). The van der Waals surface area contributed by atoms with E-state index in [1.165, 1.54) is 38.1 Å². The monoisotopic (exact) mass is 231 g/mol. The van der Waals surface area contributed by atoms with Crippen molar-refractivity contribution < 1.29 is 0 Å². The van der Waals surface area contributed by atoms with Gasteiger partial charge in [-0.15, -0.1) is 0 Å². The van der Waals surface area contributed by atoms with Gasteiger partial charge in [0.1, 0.15) is 0 Å². The first-order valence-electron chi connectivity index (χ1n) is 6.23. The maximum Gasteiger partial charge on any atom is 0.0474 e. The number of hydrogen-bond acceptors (Lipinski definition) is 0. The molecule has 0 aliphatic carbocycles. The van der Waals surface area contributed by atoms with Crippen molar-refractivity contribution in [3.8, 4) is 0 Å². The first-order valence-corrected chi connectivity index (χ1v) is 6.23. The highest BCUT2D eigenvalue weighted by atomic mass is 14.7. The van der Waals surface area contributed by atoms with Gasteiger partial charge in [0.05, 0.1) is 0 Å². The van der Waals surface area contributed by atoms with Crippen LogP contribution in [0.5, 0.6) is 0 Å². The summed E-state index contributed by atoms with van der Waals surface area (Å²) >= 11 is 0. The molecule has 0 unspecified atom stereocenters. The van der Waals surface area contributed by atoms with Crippen LogP contribution in [0.1, 0.15) is 5.56 Å². The van der Waals surface area contributed by atoms with E-state index in [0.29, 0.717) is 0 Å². The summed E-state index contributed by atoms with van der Waals surface area (Å²) in [6, 6.07) is 19.3. The Hall–Kier alpha value is -2.28. The third-order valence-corrected chi connectivity index (χ3v) is 3.77. The van der Waals surface area contributed by atoms with Gasteiger partial charge in [-0.2, -0.15) is 0 Å². The lowest BCUT2D eigenvalue weighted by atomic mass is 10.00. The van der Waals surface area contributed by atoms with Crippen molar-refractivity contribution in [2.24, 2.45) is 0 Å². The molecule has 0 saturated carbocycles. The average Bonchev–Trinajstić information content (AvgIpc) is 2.77. The zero-order valence-corrected chi connectivity index (χ0v) is 10.2. The van der Waals surface area contributed by atoms with E-state index in [-0.39, 0.29) is 0 Å². The molecule has 0 atom stereocenters. The van der Waals surface area contributed by atoms with Crippen molar-refractivity contribution in [3.05, 3.63) is 60.2 Å². The number of H-pyrrole nitrogens is 1. The van der Waals surface area contributed by atoms with E-state index in [2.05, 4.69) is 66.5 Å². The maximum atomic E-state index is 3.51. The molecule has 0 bridgehead atoms. The van der Waals surface area contributed by atoms with Crippen molar-refractivity contribution in [1.82, 2.24) is 4.98 Å². The Balaban J connectivity index is 2.34. The van der Waals surface area contributed by atoms with Crippen LogP contribution in [0.4, 0.5) is 0 Å². The Kier molecular flexibility index (Phi) is 1.81. The molecule has 0 spiro atoms. The van der Waals surface area contributed by atoms with Crippen LogP contribution < -0.4 is 0 Å². The highest BCUT2D eigenvalue weighted by Gasteiger charge is 2.09. The molecule has 0 amide bonds. The van der Waals surface area contributed by atoms with Crippen LogP contribution in [0.2, 0.25) is 0 Å². The van der Waals surface area contributed by atoms with E-state index in [1.807, 2.05) is 0 Å². The van der Waals surface area contributed by atoms with E-state index in [1.54, 1.807) is 0 Å². The number of fused-ring (bicyclic) bond motifs is 4. The van der Waals surface area contributed by atoms with Crippen molar-refractivity contribution in [2.75, 3.05) is 0 Å². The van der Waals surface area contributed by atoms with Crippen LogP contribution in [0, 0.1) is 6.92 Å². The molecule has 1 aromatic heterocycles. The molecule has 18 heavy (non-hydrogen) atoms. The highest BCUT2D eigenvalue weighted by Crippen LogP contribution is 2.33. The van der Waals surface area contributed by atoms with Crippen molar-refractivity contribution in [1.29, 1.82) is 0 Å². The highest BCUT2D eigenvalue weighted by molar-refractivity contribution is 6.14. The summed E-state index contributed by atoms with van der Waals surface area (Å²) in [6.07, 6.45) is 0. The number of hydrogen-bond donors (Lipinski definition) is 1. The first-order chi connectivity index (χ1) is 8.84. The lowest BCUT2D eigenvalue weighted by Crippen LogP contribution is -1.80. The van der Waals surface area contributed by atoms with Gasteiger partial charge in [-0.3, -0.25) is 0 Å². The summed E-state index contributed by atoms with van der Waals surface area (Å²) in [5.41, 5.74) is 3.80. The van der Waals surface area contributed by atoms with Crippen LogP contribution in [0.25, 0.3) is 32.6 Å². The fraction of sp³-hybridized carbons (Fsp3) is 0.0588. The quantitative estimate of drug-likeness (QED) is 0.448. The number of nitrogens with one attached hydrogen (secondary N) is 1. The van der Waals surface area contributed by atoms with Crippen LogP contribution in [-0.2, 0) is 0 Å². The predicted molar refractivity (Wildman–Crippen MR) is 78.0 cm³/mol. The van der Waals surface area contributed by atoms with Gasteiger partial charge in [0, 0.05) is 21.8 Å². The van der Waals surface area contributed by atoms with Gasteiger partial charge in [-0.1, -0.05) is 42.5 Å².